The molecular formula is C27H30F3N5O3S. The maximum Gasteiger partial charge on any atom is 0.416 e. The Kier molecular flexibility index (Phi) is 8.63. The summed E-state index contributed by atoms with van der Waals surface area (Å²) in [4.78, 5) is 35.6. The molecule has 1 saturated heterocycles. The Balaban J connectivity index is 1.35. The van der Waals surface area contributed by atoms with Crippen LogP contribution in [0.1, 0.15) is 34.9 Å². The maximum atomic E-state index is 13.1. The number of hydrogen-bond donors (Lipinski definition) is 1. The monoisotopic (exact) mass is 561 g/mol. The molecule has 0 spiro atoms. The van der Waals surface area contributed by atoms with Crippen molar-refractivity contribution >= 4 is 34.6 Å². The second-order valence-corrected chi connectivity index (χ2v) is 10.3. The standard InChI is InChI=1S/C27H30F3N5O3S/c1-18(2)35(26(37)31-20-7-9-22(38-3)10-8-20)16-24-32-23(17-39-24)25(36)34-13-11-33(12-14-34)21-6-4-5-19(15-21)27(28,29)30/h4-10,15,17-18H,11-14,16H2,1-3H3,(H,31,37). The van der Waals surface area contributed by atoms with Crippen LogP contribution in [-0.2, 0) is 12.7 Å². The summed E-state index contributed by atoms with van der Waals surface area (Å²) >= 11 is 1.30. The number of aromatic nitrogens is 1. The number of amides is 3. The van der Waals surface area contributed by atoms with E-state index in [1.54, 1.807) is 52.6 Å². The number of methoxy groups -OCH3 is 1. The summed E-state index contributed by atoms with van der Waals surface area (Å²) in [5, 5.41) is 5.17. The lowest BCUT2D eigenvalue weighted by Gasteiger charge is -2.36. The highest BCUT2D eigenvalue weighted by molar-refractivity contribution is 7.09. The van der Waals surface area contributed by atoms with Crippen LogP contribution in [0.2, 0.25) is 0 Å². The van der Waals surface area contributed by atoms with Gasteiger partial charge >= 0.3 is 12.2 Å². The third kappa shape index (κ3) is 6.99. The van der Waals surface area contributed by atoms with Gasteiger partial charge in [0.25, 0.3) is 5.91 Å². The number of halogens is 3. The number of thiazole rings is 1. The Morgan fingerprint density at radius 2 is 1.79 bits per heavy atom. The summed E-state index contributed by atoms with van der Waals surface area (Å²) in [7, 11) is 1.57. The second-order valence-electron chi connectivity index (χ2n) is 9.33. The zero-order valence-corrected chi connectivity index (χ0v) is 22.7. The van der Waals surface area contributed by atoms with Crippen molar-refractivity contribution in [2.45, 2.75) is 32.6 Å². The van der Waals surface area contributed by atoms with E-state index in [2.05, 4.69) is 10.3 Å². The highest BCUT2D eigenvalue weighted by Gasteiger charge is 2.31. The molecule has 2 aromatic carbocycles. The van der Waals surface area contributed by atoms with E-state index >= 15 is 0 Å². The van der Waals surface area contributed by atoms with Crippen LogP contribution in [-0.4, -0.2) is 66.1 Å². The van der Waals surface area contributed by atoms with Crippen LogP contribution in [0.4, 0.5) is 29.3 Å². The Bertz CT molecular complexity index is 1290. The first-order chi connectivity index (χ1) is 18.5. The first-order valence-corrected chi connectivity index (χ1v) is 13.3. The minimum absolute atomic E-state index is 0.116. The molecule has 0 bridgehead atoms. The zero-order valence-electron chi connectivity index (χ0n) is 21.9. The fourth-order valence-corrected chi connectivity index (χ4v) is 4.96. The maximum absolute atomic E-state index is 13.1. The molecule has 1 N–H and O–H groups in total. The van der Waals surface area contributed by atoms with Gasteiger partial charge in [0, 0.05) is 49.0 Å². The lowest BCUT2D eigenvalue weighted by molar-refractivity contribution is -0.137. The van der Waals surface area contributed by atoms with Crippen LogP contribution in [0.15, 0.2) is 53.9 Å². The molecule has 0 saturated carbocycles. The lowest BCUT2D eigenvalue weighted by Crippen LogP contribution is -2.49. The lowest BCUT2D eigenvalue weighted by atomic mass is 10.1. The Labute approximate surface area is 229 Å². The van der Waals surface area contributed by atoms with Gasteiger partial charge in [-0.1, -0.05) is 6.07 Å². The number of carbonyl (C=O) groups is 2. The molecule has 0 unspecified atom stereocenters. The van der Waals surface area contributed by atoms with E-state index in [1.165, 1.54) is 17.4 Å². The van der Waals surface area contributed by atoms with Gasteiger partial charge in [0.05, 0.1) is 19.2 Å². The molecule has 2 heterocycles. The molecule has 1 fully saturated rings. The van der Waals surface area contributed by atoms with Gasteiger partial charge < -0.3 is 24.8 Å². The van der Waals surface area contributed by atoms with Crippen LogP contribution in [0, 0.1) is 0 Å². The highest BCUT2D eigenvalue weighted by Crippen LogP contribution is 2.32. The smallest absolute Gasteiger partial charge is 0.416 e. The second kappa shape index (κ2) is 11.9. The molecule has 39 heavy (non-hydrogen) atoms. The topological polar surface area (TPSA) is 78.0 Å². The van der Waals surface area contributed by atoms with Crippen molar-refractivity contribution in [1.82, 2.24) is 14.8 Å². The van der Waals surface area contributed by atoms with Gasteiger partial charge in [0.1, 0.15) is 16.5 Å². The van der Waals surface area contributed by atoms with Crippen molar-refractivity contribution in [3.05, 3.63) is 70.2 Å². The molecule has 3 aromatic rings. The van der Waals surface area contributed by atoms with Crippen molar-refractivity contribution in [2.75, 3.05) is 43.5 Å². The number of hydrogen-bond acceptors (Lipinski definition) is 6. The van der Waals surface area contributed by atoms with E-state index in [9.17, 15) is 22.8 Å². The van der Waals surface area contributed by atoms with Gasteiger partial charge in [-0.3, -0.25) is 4.79 Å². The van der Waals surface area contributed by atoms with Crippen molar-refractivity contribution in [1.29, 1.82) is 0 Å². The number of anilines is 2. The van der Waals surface area contributed by atoms with Crippen molar-refractivity contribution < 1.29 is 27.5 Å². The summed E-state index contributed by atoms with van der Waals surface area (Å²) < 4.78 is 44.4. The van der Waals surface area contributed by atoms with Crippen molar-refractivity contribution in [3.8, 4) is 5.75 Å². The molecule has 1 aliphatic rings. The fourth-order valence-electron chi connectivity index (χ4n) is 4.19. The van der Waals surface area contributed by atoms with E-state index in [4.69, 9.17) is 4.74 Å². The van der Waals surface area contributed by atoms with Gasteiger partial charge in [-0.05, 0) is 56.3 Å². The van der Waals surface area contributed by atoms with E-state index in [1.807, 2.05) is 18.7 Å². The SMILES string of the molecule is COc1ccc(NC(=O)N(Cc2nc(C(=O)N3CCN(c4cccc(C(F)(F)F)c4)CC3)cs2)C(C)C)cc1. The third-order valence-corrected chi connectivity index (χ3v) is 7.24. The number of rotatable bonds is 7. The first-order valence-electron chi connectivity index (χ1n) is 12.4. The predicted octanol–water partition coefficient (Wildman–Crippen LogP) is 5.58. The average Bonchev–Trinajstić information content (AvgIpc) is 3.40. The Hall–Kier alpha value is -3.80. The number of urea groups is 1. The third-order valence-electron chi connectivity index (χ3n) is 6.41. The summed E-state index contributed by atoms with van der Waals surface area (Å²) in [5.74, 6) is 0.450. The van der Waals surface area contributed by atoms with E-state index in [0.717, 1.165) is 12.1 Å². The fraction of sp³-hybridized carbons (Fsp3) is 0.370. The van der Waals surface area contributed by atoms with Crippen LogP contribution in [0.5, 0.6) is 5.75 Å². The Morgan fingerprint density at radius 1 is 1.10 bits per heavy atom. The number of carbonyl (C=O) groups excluding carboxylic acids is 2. The summed E-state index contributed by atoms with van der Waals surface area (Å²) in [6.45, 7) is 5.59. The number of benzene rings is 2. The van der Waals surface area contributed by atoms with Gasteiger partial charge in [-0.15, -0.1) is 11.3 Å². The van der Waals surface area contributed by atoms with Gasteiger partial charge in [0.2, 0.25) is 0 Å². The van der Waals surface area contributed by atoms with Crippen LogP contribution >= 0.6 is 11.3 Å². The van der Waals surface area contributed by atoms with Crippen molar-refractivity contribution in [3.63, 3.8) is 0 Å². The molecule has 3 amide bonds. The molecule has 0 atom stereocenters. The van der Waals surface area contributed by atoms with Crippen LogP contribution in [0.3, 0.4) is 0 Å². The number of nitrogens with one attached hydrogen (secondary N) is 1. The largest absolute Gasteiger partial charge is 0.497 e. The quantitative estimate of drug-likeness (QED) is 0.408. The molecule has 0 radical (unpaired) electrons. The minimum atomic E-state index is -4.41. The number of piperazine rings is 1. The molecule has 208 valence electrons. The van der Waals surface area contributed by atoms with E-state index < -0.39 is 11.7 Å². The normalized spacial score (nSPS) is 13.9. The Morgan fingerprint density at radius 3 is 2.41 bits per heavy atom. The van der Waals surface area contributed by atoms with Gasteiger partial charge in [-0.25, -0.2) is 9.78 Å². The van der Waals surface area contributed by atoms with Gasteiger partial charge in [0.15, 0.2) is 0 Å². The molecule has 0 aliphatic carbocycles. The summed E-state index contributed by atoms with van der Waals surface area (Å²) in [5.41, 5.74) is 0.712. The highest BCUT2D eigenvalue weighted by atomic mass is 32.1. The van der Waals surface area contributed by atoms with Crippen molar-refractivity contribution in [2.24, 2.45) is 0 Å². The van der Waals surface area contributed by atoms with Gasteiger partial charge in [-0.2, -0.15) is 13.2 Å². The van der Waals surface area contributed by atoms with E-state index in [-0.39, 0.29) is 24.5 Å². The summed E-state index contributed by atoms with van der Waals surface area (Å²) in [6, 6.07) is 11.8. The summed E-state index contributed by atoms with van der Waals surface area (Å²) in [6.07, 6.45) is -4.41. The minimum Gasteiger partial charge on any atom is -0.497 e. The predicted molar refractivity (Wildman–Crippen MR) is 144 cm³/mol. The molecular weight excluding hydrogens is 531 g/mol. The molecule has 1 aliphatic heterocycles. The average molecular weight is 562 g/mol. The molecule has 8 nitrogen and oxygen atoms in total. The number of ether oxygens (including phenoxy) is 1. The zero-order chi connectivity index (χ0) is 28.2. The van der Waals surface area contributed by atoms with Crippen LogP contribution in [0.25, 0.3) is 0 Å². The van der Waals surface area contributed by atoms with Crippen LogP contribution < -0.4 is 15.0 Å². The molecule has 4 rings (SSSR count). The van der Waals surface area contributed by atoms with E-state index in [0.29, 0.717) is 54.0 Å². The number of alkyl halides is 3. The number of nitrogens with zero attached hydrogens (tertiary/aromatic N) is 4. The molecule has 12 heteroatoms. The molecule has 1 aromatic heterocycles. The first kappa shape index (κ1) is 28.2.